The number of esters is 1. The van der Waals surface area contributed by atoms with Crippen LogP contribution in [0.15, 0.2) is 48.5 Å². The van der Waals surface area contributed by atoms with E-state index in [9.17, 15) is 24.0 Å². The maximum Gasteiger partial charge on any atom is 0.308 e. The third kappa shape index (κ3) is 4.55. The Morgan fingerprint density at radius 2 is 1.52 bits per heavy atom. The van der Waals surface area contributed by atoms with E-state index >= 15 is 0 Å². The fourth-order valence-corrected chi connectivity index (χ4v) is 2.89. The number of Topliss-reactive ketones (excluding diaryl/α,β-unsaturated/α-hetero) is 1. The lowest BCUT2D eigenvalue weighted by Crippen LogP contribution is -2.32. The molecule has 29 heavy (non-hydrogen) atoms. The van der Waals surface area contributed by atoms with Crippen LogP contribution in [0.5, 0.6) is 0 Å². The molecule has 2 aromatic rings. The van der Waals surface area contributed by atoms with Gasteiger partial charge < -0.3 is 10.1 Å². The molecule has 0 bridgehead atoms. The van der Waals surface area contributed by atoms with Crippen molar-refractivity contribution in [3.8, 4) is 0 Å². The van der Waals surface area contributed by atoms with E-state index in [1.165, 1.54) is 19.1 Å². The Kier molecular flexibility index (Phi) is 5.82. The molecule has 8 heteroatoms. The summed E-state index contributed by atoms with van der Waals surface area (Å²) in [5, 5.41) is 2.58. The predicted molar refractivity (Wildman–Crippen MR) is 102 cm³/mol. The number of hydrogen-bond donors (Lipinski definition) is 1. The molecule has 0 aliphatic carbocycles. The van der Waals surface area contributed by atoms with Crippen molar-refractivity contribution in [2.75, 3.05) is 18.5 Å². The van der Waals surface area contributed by atoms with Crippen molar-refractivity contribution in [2.24, 2.45) is 0 Å². The third-order valence-corrected chi connectivity index (χ3v) is 4.31. The van der Waals surface area contributed by atoms with E-state index in [0.29, 0.717) is 22.4 Å². The van der Waals surface area contributed by atoms with Gasteiger partial charge in [-0.3, -0.25) is 28.9 Å². The van der Waals surface area contributed by atoms with Crippen LogP contribution in [0.1, 0.15) is 44.4 Å². The number of carbonyl (C=O) groups is 5. The number of nitrogens with one attached hydrogen (secondary N) is 1. The van der Waals surface area contributed by atoms with E-state index in [4.69, 9.17) is 4.74 Å². The van der Waals surface area contributed by atoms with Gasteiger partial charge in [-0.15, -0.1) is 0 Å². The van der Waals surface area contributed by atoms with Gasteiger partial charge >= 0.3 is 5.97 Å². The number of imide groups is 1. The Bertz CT molecular complexity index is 961. The maximum absolute atomic E-state index is 12.2. The van der Waals surface area contributed by atoms with E-state index in [1.807, 2.05) is 0 Å². The average Bonchev–Trinajstić information content (AvgIpc) is 2.95. The van der Waals surface area contributed by atoms with Gasteiger partial charge in [-0.25, -0.2) is 0 Å². The summed E-state index contributed by atoms with van der Waals surface area (Å²) in [6, 6.07) is 12.6. The van der Waals surface area contributed by atoms with Crippen LogP contribution in [0, 0.1) is 0 Å². The number of carbonyl (C=O) groups excluding carboxylic acids is 5. The molecule has 2 aromatic carbocycles. The Labute approximate surface area is 166 Å². The van der Waals surface area contributed by atoms with Crippen LogP contribution in [-0.4, -0.2) is 47.5 Å². The molecule has 8 nitrogen and oxygen atoms in total. The summed E-state index contributed by atoms with van der Waals surface area (Å²) >= 11 is 0. The first-order chi connectivity index (χ1) is 13.9. The number of ketones is 1. The minimum absolute atomic E-state index is 0.120. The standard InChI is InChI=1S/C21H18N2O6/c1-13(24)22-15-8-6-14(7-9-15)18(25)12-29-19(26)10-11-23-20(27)16-4-2-3-5-17(16)21(23)28/h2-9H,10-12H2,1H3,(H,22,24). The van der Waals surface area contributed by atoms with E-state index in [1.54, 1.807) is 36.4 Å². The van der Waals surface area contributed by atoms with Crippen LogP contribution in [0.25, 0.3) is 0 Å². The van der Waals surface area contributed by atoms with E-state index in [-0.39, 0.29) is 18.9 Å². The van der Waals surface area contributed by atoms with Crippen molar-refractivity contribution in [1.29, 1.82) is 0 Å². The molecule has 1 N–H and O–H groups in total. The van der Waals surface area contributed by atoms with Gasteiger partial charge in [0.15, 0.2) is 12.4 Å². The summed E-state index contributed by atoms with van der Waals surface area (Å²) in [4.78, 5) is 60.5. The van der Waals surface area contributed by atoms with Crippen molar-refractivity contribution < 1.29 is 28.7 Å². The lowest BCUT2D eigenvalue weighted by atomic mass is 10.1. The van der Waals surface area contributed by atoms with Gasteiger partial charge in [-0.2, -0.15) is 0 Å². The van der Waals surface area contributed by atoms with Crippen LogP contribution in [0.3, 0.4) is 0 Å². The topological polar surface area (TPSA) is 110 Å². The molecule has 0 saturated carbocycles. The summed E-state index contributed by atoms with van der Waals surface area (Å²) in [5.41, 5.74) is 1.49. The first-order valence-electron chi connectivity index (χ1n) is 8.88. The molecule has 0 radical (unpaired) electrons. The number of rotatable bonds is 7. The Hall–Kier alpha value is -3.81. The molecule has 0 atom stereocenters. The Balaban J connectivity index is 1.48. The number of amides is 3. The van der Waals surface area contributed by atoms with Gasteiger partial charge in [-0.1, -0.05) is 12.1 Å². The SMILES string of the molecule is CC(=O)Nc1ccc(C(=O)COC(=O)CCN2C(=O)c3ccccc3C2=O)cc1. The summed E-state index contributed by atoms with van der Waals surface area (Å²) in [5.74, 6) is -2.23. The van der Waals surface area contributed by atoms with E-state index in [2.05, 4.69) is 5.32 Å². The molecule has 148 valence electrons. The average molecular weight is 394 g/mol. The monoisotopic (exact) mass is 394 g/mol. The normalized spacial score (nSPS) is 12.5. The number of nitrogens with zero attached hydrogens (tertiary/aromatic N) is 1. The summed E-state index contributed by atoms with van der Waals surface area (Å²) in [7, 11) is 0. The third-order valence-electron chi connectivity index (χ3n) is 4.31. The first kappa shape index (κ1) is 19.9. The Morgan fingerprint density at radius 3 is 2.07 bits per heavy atom. The van der Waals surface area contributed by atoms with Crippen LogP contribution in [0.2, 0.25) is 0 Å². The second-order valence-corrected chi connectivity index (χ2v) is 6.40. The lowest BCUT2D eigenvalue weighted by molar-refractivity contribution is -0.142. The van der Waals surface area contributed by atoms with Crippen molar-refractivity contribution in [3.05, 3.63) is 65.2 Å². The van der Waals surface area contributed by atoms with Crippen LogP contribution >= 0.6 is 0 Å². The molecule has 0 saturated heterocycles. The molecular weight excluding hydrogens is 376 g/mol. The largest absolute Gasteiger partial charge is 0.457 e. The highest BCUT2D eigenvalue weighted by molar-refractivity contribution is 6.21. The fraction of sp³-hybridized carbons (Fsp3) is 0.190. The number of ether oxygens (including phenoxy) is 1. The van der Waals surface area contributed by atoms with Crippen molar-refractivity contribution >= 4 is 35.2 Å². The van der Waals surface area contributed by atoms with Crippen LogP contribution in [0.4, 0.5) is 5.69 Å². The van der Waals surface area contributed by atoms with Crippen LogP contribution < -0.4 is 5.32 Å². The fourth-order valence-electron chi connectivity index (χ4n) is 2.89. The number of hydrogen-bond acceptors (Lipinski definition) is 6. The van der Waals surface area contributed by atoms with Crippen molar-refractivity contribution in [3.63, 3.8) is 0 Å². The highest BCUT2D eigenvalue weighted by Crippen LogP contribution is 2.22. The number of fused-ring (bicyclic) bond motifs is 1. The molecule has 3 rings (SSSR count). The maximum atomic E-state index is 12.2. The van der Waals surface area contributed by atoms with Gasteiger partial charge in [0.1, 0.15) is 0 Å². The second kappa shape index (κ2) is 8.47. The minimum atomic E-state index is -0.690. The number of benzene rings is 2. The van der Waals surface area contributed by atoms with Crippen molar-refractivity contribution in [2.45, 2.75) is 13.3 Å². The van der Waals surface area contributed by atoms with Gasteiger partial charge in [-0.05, 0) is 36.4 Å². The summed E-state index contributed by atoms with van der Waals surface area (Å²) in [6.07, 6.45) is -0.208. The first-order valence-corrected chi connectivity index (χ1v) is 8.88. The number of anilines is 1. The quantitative estimate of drug-likeness (QED) is 0.437. The van der Waals surface area contributed by atoms with Gasteiger partial charge in [0.2, 0.25) is 5.91 Å². The highest BCUT2D eigenvalue weighted by Gasteiger charge is 2.35. The van der Waals surface area contributed by atoms with E-state index in [0.717, 1.165) is 4.90 Å². The molecule has 1 aliphatic heterocycles. The summed E-state index contributed by atoms with van der Waals surface area (Å²) in [6.45, 7) is 0.797. The van der Waals surface area contributed by atoms with E-state index < -0.39 is 30.2 Å². The molecule has 0 spiro atoms. The lowest BCUT2D eigenvalue weighted by Gasteiger charge is -2.13. The molecular formula is C21H18N2O6. The zero-order valence-electron chi connectivity index (χ0n) is 15.6. The molecule has 1 aliphatic rings. The van der Waals surface area contributed by atoms with Gasteiger partial charge in [0.05, 0.1) is 17.5 Å². The Morgan fingerprint density at radius 1 is 0.931 bits per heavy atom. The molecule has 0 unspecified atom stereocenters. The van der Waals surface area contributed by atoms with Gasteiger partial charge in [0.25, 0.3) is 11.8 Å². The van der Waals surface area contributed by atoms with Gasteiger partial charge in [0, 0.05) is 24.7 Å². The second-order valence-electron chi connectivity index (χ2n) is 6.40. The zero-order valence-corrected chi connectivity index (χ0v) is 15.6. The minimum Gasteiger partial charge on any atom is -0.457 e. The van der Waals surface area contributed by atoms with Crippen molar-refractivity contribution in [1.82, 2.24) is 4.90 Å². The molecule has 0 aromatic heterocycles. The van der Waals surface area contributed by atoms with Crippen LogP contribution in [-0.2, 0) is 14.3 Å². The summed E-state index contributed by atoms with van der Waals surface area (Å²) < 4.78 is 4.95. The molecule has 0 fully saturated rings. The molecule has 1 heterocycles. The molecule has 3 amide bonds. The smallest absolute Gasteiger partial charge is 0.308 e. The predicted octanol–water partition coefficient (Wildman–Crippen LogP) is 2.06. The highest BCUT2D eigenvalue weighted by atomic mass is 16.5. The zero-order chi connectivity index (χ0) is 21.0.